The zero-order valence-corrected chi connectivity index (χ0v) is 16.4. The lowest BCUT2D eigenvalue weighted by atomic mass is 9.98. The van der Waals surface area contributed by atoms with E-state index in [4.69, 9.17) is 0 Å². The molecule has 1 fully saturated rings. The van der Waals surface area contributed by atoms with Crippen LogP contribution in [0.2, 0.25) is 0 Å². The summed E-state index contributed by atoms with van der Waals surface area (Å²) < 4.78 is 0.922. The highest BCUT2D eigenvalue weighted by atomic mass is 79.9. The number of carbonyl (C=O) groups excluding carboxylic acids is 2. The van der Waals surface area contributed by atoms with Crippen LogP contribution in [0.4, 0.5) is 5.69 Å². The van der Waals surface area contributed by atoms with Crippen LogP contribution in [-0.2, 0) is 9.59 Å². The number of benzene rings is 2. The summed E-state index contributed by atoms with van der Waals surface area (Å²) in [4.78, 5) is 26.8. The lowest BCUT2D eigenvalue weighted by Crippen LogP contribution is -2.37. The van der Waals surface area contributed by atoms with Crippen LogP contribution in [0.3, 0.4) is 0 Å². The maximum atomic E-state index is 12.6. The van der Waals surface area contributed by atoms with E-state index in [0.29, 0.717) is 25.4 Å². The second-order valence-corrected chi connectivity index (χ2v) is 7.62. The normalized spacial score (nSPS) is 18.0. The summed E-state index contributed by atoms with van der Waals surface area (Å²) in [5.41, 5.74) is 2.09. The molecule has 26 heavy (non-hydrogen) atoms. The zero-order chi connectivity index (χ0) is 18.5. The van der Waals surface area contributed by atoms with Crippen LogP contribution in [0, 0.1) is 5.92 Å². The number of hydrogen-bond donors (Lipinski definition) is 1. The molecule has 0 radical (unpaired) electrons. The quantitative estimate of drug-likeness (QED) is 0.722. The van der Waals surface area contributed by atoms with Crippen LogP contribution in [0.25, 0.3) is 0 Å². The van der Waals surface area contributed by atoms with Crippen LogP contribution in [0.15, 0.2) is 59.1 Å². The fraction of sp³-hybridized carbons (Fsp3) is 0.333. The predicted octanol–water partition coefficient (Wildman–Crippen LogP) is 4.11. The molecule has 5 heteroatoms. The summed E-state index contributed by atoms with van der Waals surface area (Å²) in [6.45, 7) is 3.31. The Morgan fingerprint density at radius 3 is 2.73 bits per heavy atom. The molecular weight excluding hydrogens is 392 g/mol. The SMILES string of the molecule is CC(CCNC(=O)C1CCN(c2cccc(Br)c2)C1=O)c1ccccc1. The molecule has 1 N–H and O–H groups in total. The molecule has 0 spiro atoms. The van der Waals surface area contributed by atoms with Crippen molar-refractivity contribution in [1.29, 1.82) is 0 Å². The predicted molar refractivity (Wildman–Crippen MR) is 107 cm³/mol. The molecule has 0 aromatic heterocycles. The van der Waals surface area contributed by atoms with E-state index in [2.05, 4.69) is 40.3 Å². The smallest absolute Gasteiger partial charge is 0.239 e. The molecule has 0 saturated carbocycles. The number of carbonyl (C=O) groups is 2. The van der Waals surface area contributed by atoms with Gasteiger partial charge in [-0.3, -0.25) is 9.59 Å². The summed E-state index contributed by atoms with van der Waals surface area (Å²) in [5, 5.41) is 2.94. The minimum Gasteiger partial charge on any atom is -0.355 e. The summed E-state index contributed by atoms with van der Waals surface area (Å²) in [6.07, 6.45) is 1.41. The summed E-state index contributed by atoms with van der Waals surface area (Å²) in [6, 6.07) is 17.9. The first kappa shape index (κ1) is 18.6. The van der Waals surface area contributed by atoms with E-state index in [1.54, 1.807) is 4.90 Å². The number of amides is 2. The van der Waals surface area contributed by atoms with Gasteiger partial charge in [-0.05, 0) is 42.5 Å². The molecule has 2 aromatic carbocycles. The Hall–Kier alpha value is -2.14. The molecule has 2 atom stereocenters. The molecule has 2 unspecified atom stereocenters. The van der Waals surface area contributed by atoms with E-state index in [0.717, 1.165) is 16.6 Å². The van der Waals surface area contributed by atoms with E-state index in [9.17, 15) is 9.59 Å². The maximum Gasteiger partial charge on any atom is 0.239 e. The molecule has 0 bridgehead atoms. The van der Waals surface area contributed by atoms with Gasteiger partial charge in [0.2, 0.25) is 11.8 Å². The summed E-state index contributed by atoms with van der Waals surface area (Å²) >= 11 is 3.42. The van der Waals surface area contributed by atoms with E-state index in [1.807, 2.05) is 42.5 Å². The van der Waals surface area contributed by atoms with E-state index in [-0.39, 0.29) is 11.8 Å². The Bertz CT molecular complexity index is 779. The highest BCUT2D eigenvalue weighted by Gasteiger charge is 2.37. The first-order valence-corrected chi connectivity index (χ1v) is 9.75. The monoisotopic (exact) mass is 414 g/mol. The van der Waals surface area contributed by atoms with Crippen molar-refractivity contribution in [2.75, 3.05) is 18.0 Å². The Balaban J connectivity index is 1.52. The molecule has 1 aliphatic heterocycles. The van der Waals surface area contributed by atoms with E-state index >= 15 is 0 Å². The number of halogens is 1. The van der Waals surface area contributed by atoms with Gasteiger partial charge >= 0.3 is 0 Å². The van der Waals surface area contributed by atoms with Crippen molar-refractivity contribution in [3.63, 3.8) is 0 Å². The average molecular weight is 415 g/mol. The Morgan fingerprint density at radius 2 is 2.00 bits per heavy atom. The van der Waals surface area contributed by atoms with Crippen molar-refractivity contribution in [1.82, 2.24) is 5.32 Å². The van der Waals surface area contributed by atoms with Gasteiger partial charge in [0.25, 0.3) is 0 Å². The van der Waals surface area contributed by atoms with Gasteiger partial charge < -0.3 is 10.2 Å². The Kier molecular flexibility index (Phi) is 6.09. The standard InChI is InChI=1S/C21H23BrN2O2/c1-15(16-6-3-2-4-7-16)10-12-23-20(25)19-11-13-24(21(19)26)18-9-5-8-17(22)14-18/h2-9,14-15,19H,10-13H2,1H3,(H,23,25). The van der Waals surface area contributed by atoms with Crippen LogP contribution in [0.1, 0.15) is 31.2 Å². The number of nitrogens with one attached hydrogen (secondary N) is 1. The van der Waals surface area contributed by atoms with Crippen LogP contribution >= 0.6 is 15.9 Å². The molecular formula is C21H23BrN2O2. The molecule has 3 rings (SSSR count). The van der Waals surface area contributed by atoms with Crippen molar-refractivity contribution < 1.29 is 9.59 Å². The van der Waals surface area contributed by atoms with Crippen molar-refractivity contribution >= 4 is 33.4 Å². The second-order valence-electron chi connectivity index (χ2n) is 6.70. The number of nitrogens with zero attached hydrogens (tertiary/aromatic N) is 1. The molecule has 1 aliphatic rings. The van der Waals surface area contributed by atoms with Gasteiger partial charge in [-0.1, -0.05) is 59.3 Å². The molecule has 4 nitrogen and oxygen atoms in total. The minimum atomic E-state index is -0.582. The molecule has 1 saturated heterocycles. The van der Waals surface area contributed by atoms with Gasteiger partial charge in [-0.2, -0.15) is 0 Å². The topological polar surface area (TPSA) is 49.4 Å². The van der Waals surface area contributed by atoms with Gasteiger partial charge in [0.15, 0.2) is 0 Å². The Labute approximate surface area is 162 Å². The average Bonchev–Trinajstić information content (AvgIpc) is 3.04. The number of anilines is 1. The number of rotatable bonds is 6. The zero-order valence-electron chi connectivity index (χ0n) is 14.8. The third-order valence-corrected chi connectivity index (χ3v) is 5.38. The molecule has 1 heterocycles. The lowest BCUT2D eigenvalue weighted by molar-refractivity contribution is -0.132. The minimum absolute atomic E-state index is 0.114. The van der Waals surface area contributed by atoms with Gasteiger partial charge in [0.1, 0.15) is 5.92 Å². The van der Waals surface area contributed by atoms with Gasteiger partial charge in [0, 0.05) is 23.2 Å². The highest BCUT2D eigenvalue weighted by molar-refractivity contribution is 9.10. The van der Waals surface area contributed by atoms with Crippen molar-refractivity contribution in [2.45, 2.75) is 25.7 Å². The molecule has 136 valence electrons. The van der Waals surface area contributed by atoms with Gasteiger partial charge in [0.05, 0.1) is 0 Å². The molecule has 2 aromatic rings. The first-order valence-electron chi connectivity index (χ1n) is 8.96. The van der Waals surface area contributed by atoms with E-state index < -0.39 is 5.92 Å². The fourth-order valence-corrected chi connectivity index (χ4v) is 3.69. The van der Waals surface area contributed by atoms with Gasteiger partial charge in [-0.25, -0.2) is 0 Å². The van der Waals surface area contributed by atoms with Crippen LogP contribution < -0.4 is 10.2 Å². The summed E-state index contributed by atoms with van der Waals surface area (Å²) in [7, 11) is 0. The van der Waals surface area contributed by atoms with Gasteiger partial charge in [-0.15, -0.1) is 0 Å². The third kappa shape index (κ3) is 4.33. The van der Waals surface area contributed by atoms with E-state index in [1.165, 1.54) is 5.56 Å². The van der Waals surface area contributed by atoms with Crippen LogP contribution in [0.5, 0.6) is 0 Å². The molecule has 2 amide bonds. The first-order chi connectivity index (χ1) is 12.6. The maximum absolute atomic E-state index is 12.6. The van der Waals surface area contributed by atoms with Crippen molar-refractivity contribution in [2.24, 2.45) is 5.92 Å². The lowest BCUT2D eigenvalue weighted by Gasteiger charge is -2.17. The van der Waals surface area contributed by atoms with Crippen LogP contribution in [-0.4, -0.2) is 24.9 Å². The third-order valence-electron chi connectivity index (χ3n) is 4.89. The van der Waals surface area contributed by atoms with Crippen molar-refractivity contribution in [3.05, 3.63) is 64.6 Å². The fourth-order valence-electron chi connectivity index (χ4n) is 3.31. The largest absolute Gasteiger partial charge is 0.355 e. The summed E-state index contributed by atoms with van der Waals surface area (Å²) in [5.74, 6) is -0.487. The highest BCUT2D eigenvalue weighted by Crippen LogP contribution is 2.27. The molecule has 0 aliphatic carbocycles. The number of hydrogen-bond acceptors (Lipinski definition) is 2. The second kappa shape index (κ2) is 8.49. The Morgan fingerprint density at radius 1 is 1.23 bits per heavy atom. The van der Waals surface area contributed by atoms with Crippen molar-refractivity contribution in [3.8, 4) is 0 Å².